The third kappa shape index (κ3) is 1.49. The molecule has 1 aromatic heterocycles. The number of para-hydroxylation sites is 1. The van der Waals surface area contributed by atoms with Gasteiger partial charge in [-0.25, -0.2) is 9.97 Å². The molecule has 0 aliphatic heterocycles. The number of rotatable bonds is 1. The summed E-state index contributed by atoms with van der Waals surface area (Å²) in [5.41, 5.74) is 2.16. The lowest BCUT2D eigenvalue weighted by Crippen LogP contribution is -1.95. The standard InChI is InChI=1S/C12H11ClN2/c1-7-3-2-4-9-10(7)14-12(8-5-6-8)15-11(9)13/h2-4,8H,5-6H2,1H3. The molecule has 76 valence electrons. The van der Waals surface area contributed by atoms with Crippen LogP contribution in [0, 0.1) is 6.92 Å². The van der Waals surface area contributed by atoms with E-state index in [0.717, 1.165) is 16.7 Å². The highest BCUT2D eigenvalue weighted by Gasteiger charge is 2.27. The van der Waals surface area contributed by atoms with Crippen LogP contribution in [0.3, 0.4) is 0 Å². The van der Waals surface area contributed by atoms with Crippen LogP contribution in [0.15, 0.2) is 18.2 Å². The third-order valence-electron chi connectivity index (χ3n) is 2.84. The molecule has 2 nitrogen and oxygen atoms in total. The van der Waals surface area contributed by atoms with E-state index in [1.807, 2.05) is 12.1 Å². The number of hydrogen-bond donors (Lipinski definition) is 0. The van der Waals surface area contributed by atoms with Gasteiger partial charge in [0.15, 0.2) is 0 Å². The summed E-state index contributed by atoms with van der Waals surface area (Å²) < 4.78 is 0. The van der Waals surface area contributed by atoms with Gasteiger partial charge in [-0.15, -0.1) is 0 Å². The maximum atomic E-state index is 6.15. The van der Waals surface area contributed by atoms with Crippen LogP contribution in [0.4, 0.5) is 0 Å². The number of aromatic nitrogens is 2. The zero-order valence-corrected chi connectivity index (χ0v) is 9.25. The molecule has 0 amide bonds. The highest BCUT2D eigenvalue weighted by molar-refractivity contribution is 6.34. The van der Waals surface area contributed by atoms with E-state index in [9.17, 15) is 0 Å². The zero-order valence-electron chi connectivity index (χ0n) is 8.50. The molecule has 1 heterocycles. The number of hydrogen-bond acceptors (Lipinski definition) is 2. The van der Waals surface area contributed by atoms with E-state index in [-0.39, 0.29) is 0 Å². The first-order valence-electron chi connectivity index (χ1n) is 5.18. The van der Waals surface area contributed by atoms with Crippen LogP contribution in [0.1, 0.15) is 30.1 Å². The van der Waals surface area contributed by atoms with Gasteiger partial charge in [0.1, 0.15) is 11.0 Å². The SMILES string of the molecule is Cc1cccc2c(Cl)nc(C3CC3)nc12. The summed E-state index contributed by atoms with van der Waals surface area (Å²) in [4.78, 5) is 8.96. The average molecular weight is 219 g/mol. The molecule has 1 aromatic carbocycles. The number of aryl methyl sites for hydroxylation is 1. The van der Waals surface area contributed by atoms with Crippen LogP contribution < -0.4 is 0 Å². The van der Waals surface area contributed by atoms with E-state index >= 15 is 0 Å². The van der Waals surface area contributed by atoms with Crippen LogP contribution in [-0.4, -0.2) is 9.97 Å². The molecule has 1 fully saturated rings. The molecule has 3 heteroatoms. The lowest BCUT2D eigenvalue weighted by molar-refractivity contribution is 0.946. The molecule has 15 heavy (non-hydrogen) atoms. The summed E-state index contributed by atoms with van der Waals surface area (Å²) in [5, 5.41) is 1.55. The Kier molecular flexibility index (Phi) is 1.93. The first-order chi connectivity index (χ1) is 7.25. The first-order valence-corrected chi connectivity index (χ1v) is 5.56. The fourth-order valence-electron chi connectivity index (χ4n) is 1.80. The molecule has 1 aliphatic rings. The van der Waals surface area contributed by atoms with E-state index in [4.69, 9.17) is 11.6 Å². The summed E-state index contributed by atoms with van der Waals surface area (Å²) >= 11 is 6.15. The Labute approximate surface area is 93.3 Å². The lowest BCUT2D eigenvalue weighted by Gasteiger charge is -2.05. The summed E-state index contributed by atoms with van der Waals surface area (Å²) in [6.07, 6.45) is 2.40. The van der Waals surface area contributed by atoms with Crippen molar-refractivity contribution in [3.63, 3.8) is 0 Å². The first kappa shape index (κ1) is 9.10. The van der Waals surface area contributed by atoms with E-state index in [2.05, 4.69) is 23.0 Å². The van der Waals surface area contributed by atoms with Gasteiger partial charge in [0.2, 0.25) is 0 Å². The lowest BCUT2D eigenvalue weighted by atomic mass is 10.1. The Morgan fingerprint density at radius 2 is 2.07 bits per heavy atom. The number of fused-ring (bicyclic) bond motifs is 1. The molecule has 0 saturated heterocycles. The van der Waals surface area contributed by atoms with Gasteiger partial charge in [0.05, 0.1) is 5.52 Å². The highest BCUT2D eigenvalue weighted by Crippen LogP contribution is 2.39. The van der Waals surface area contributed by atoms with Gasteiger partial charge >= 0.3 is 0 Å². The van der Waals surface area contributed by atoms with Crippen molar-refractivity contribution >= 4 is 22.5 Å². The maximum Gasteiger partial charge on any atom is 0.140 e. The molecular weight excluding hydrogens is 208 g/mol. The summed E-state index contributed by atoms with van der Waals surface area (Å²) in [6.45, 7) is 2.06. The van der Waals surface area contributed by atoms with Crippen LogP contribution in [-0.2, 0) is 0 Å². The summed E-state index contributed by atoms with van der Waals surface area (Å²) in [5.74, 6) is 1.47. The highest BCUT2D eigenvalue weighted by atomic mass is 35.5. The minimum absolute atomic E-state index is 0.548. The van der Waals surface area contributed by atoms with Crippen molar-refractivity contribution in [3.8, 4) is 0 Å². The molecule has 1 saturated carbocycles. The van der Waals surface area contributed by atoms with Crippen molar-refractivity contribution in [1.82, 2.24) is 9.97 Å². The van der Waals surface area contributed by atoms with Gasteiger partial charge in [0, 0.05) is 11.3 Å². The quantitative estimate of drug-likeness (QED) is 0.685. The summed E-state index contributed by atoms with van der Waals surface area (Å²) in [6, 6.07) is 6.02. The minimum atomic E-state index is 0.548. The predicted molar refractivity (Wildman–Crippen MR) is 61.3 cm³/mol. The molecule has 3 rings (SSSR count). The van der Waals surface area contributed by atoms with Gasteiger partial charge < -0.3 is 0 Å². The fourth-order valence-corrected chi connectivity index (χ4v) is 2.04. The average Bonchev–Trinajstić information content (AvgIpc) is 3.02. The second kappa shape index (κ2) is 3.17. The molecule has 0 atom stereocenters. The maximum absolute atomic E-state index is 6.15. The molecule has 0 bridgehead atoms. The Morgan fingerprint density at radius 1 is 1.27 bits per heavy atom. The Morgan fingerprint density at radius 3 is 2.80 bits per heavy atom. The van der Waals surface area contributed by atoms with Crippen molar-refractivity contribution in [1.29, 1.82) is 0 Å². The fraction of sp³-hybridized carbons (Fsp3) is 0.333. The van der Waals surface area contributed by atoms with E-state index in [1.54, 1.807) is 0 Å². The Hall–Kier alpha value is -1.15. The van der Waals surface area contributed by atoms with Crippen LogP contribution in [0.25, 0.3) is 10.9 Å². The number of nitrogens with zero attached hydrogens (tertiary/aromatic N) is 2. The normalized spacial score (nSPS) is 15.9. The van der Waals surface area contributed by atoms with Crippen molar-refractivity contribution in [2.24, 2.45) is 0 Å². The zero-order chi connectivity index (χ0) is 10.4. The second-order valence-electron chi connectivity index (χ2n) is 4.12. The topological polar surface area (TPSA) is 25.8 Å². The van der Waals surface area contributed by atoms with Crippen LogP contribution in [0.2, 0.25) is 5.15 Å². The van der Waals surface area contributed by atoms with Gasteiger partial charge in [-0.3, -0.25) is 0 Å². The molecule has 0 radical (unpaired) electrons. The Bertz CT molecular complexity index is 532. The van der Waals surface area contributed by atoms with Crippen molar-refractivity contribution in [2.75, 3.05) is 0 Å². The molecule has 0 N–H and O–H groups in total. The molecule has 1 aliphatic carbocycles. The Balaban J connectivity index is 2.32. The second-order valence-corrected chi connectivity index (χ2v) is 4.48. The van der Waals surface area contributed by atoms with Crippen molar-refractivity contribution in [3.05, 3.63) is 34.7 Å². The monoisotopic (exact) mass is 218 g/mol. The minimum Gasteiger partial charge on any atom is -0.232 e. The van der Waals surface area contributed by atoms with E-state index in [1.165, 1.54) is 18.4 Å². The van der Waals surface area contributed by atoms with E-state index < -0.39 is 0 Å². The molecule has 0 spiro atoms. The van der Waals surface area contributed by atoms with Gasteiger partial charge in [-0.1, -0.05) is 23.7 Å². The van der Waals surface area contributed by atoms with E-state index in [0.29, 0.717) is 11.1 Å². The summed E-state index contributed by atoms with van der Waals surface area (Å²) in [7, 11) is 0. The van der Waals surface area contributed by atoms with Gasteiger partial charge in [0.25, 0.3) is 0 Å². The number of halogens is 1. The van der Waals surface area contributed by atoms with Crippen LogP contribution >= 0.6 is 11.6 Å². The molecule has 2 aromatic rings. The third-order valence-corrected chi connectivity index (χ3v) is 3.13. The van der Waals surface area contributed by atoms with Crippen molar-refractivity contribution in [2.45, 2.75) is 25.7 Å². The smallest absolute Gasteiger partial charge is 0.140 e. The molecule has 0 unspecified atom stereocenters. The predicted octanol–water partition coefficient (Wildman–Crippen LogP) is 3.47. The molecular formula is C12H11ClN2. The number of benzene rings is 1. The van der Waals surface area contributed by atoms with Crippen LogP contribution in [0.5, 0.6) is 0 Å². The van der Waals surface area contributed by atoms with Gasteiger partial charge in [-0.05, 0) is 31.4 Å². The largest absolute Gasteiger partial charge is 0.232 e. The van der Waals surface area contributed by atoms with Gasteiger partial charge in [-0.2, -0.15) is 0 Å². The van der Waals surface area contributed by atoms with Crippen molar-refractivity contribution < 1.29 is 0 Å².